The number of unbranched alkanes of at least 4 members (excludes halogenated alkanes) is 11. The highest BCUT2D eigenvalue weighted by Crippen LogP contribution is 2.11. The zero-order chi connectivity index (χ0) is 15.8. The smallest absolute Gasteiger partial charge is 0.131 e. The molecule has 0 bridgehead atoms. The van der Waals surface area contributed by atoms with Gasteiger partial charge in [0, 0.05) is 6.42 Å². The fourth-order valence-electron chi connectivity index (χ4n) is 2.26. The highest BCUT2D eigenvalue weighted by Gasteiger charge is 2.09. The van der Waals surface area contributed by atoms with Gasteiger partial charge in [0.2, 0.25) is 0 Å². The van der Waals surface area contributed by atoms with Crippen LogP contribution in [0.5, 0.6) is 0 Å². The minimum Gasteiger partial charge on any atom is -0.395 e. The van der Waals surface area contributed by atoms with E-state index in [2.05, 4.69) is 18.8 Å². The molecule has 0 saturated heterocycles. The first-order valence-electron chi connectivity index (χ1n) is 8.75. The molecule has 0 radical (unpaired) electrons. The van der Waals surface area contributed by atoms with Crippen LogP contribution in [0.15, 0.2) is 0 Å². The second kappa shape index (κ2) is 15.8. The van der Waals surface area contributed by atoms with E-state index in [9.17, 15) is 5.11 Å². The Morgan fingerprint density at radius 1 is 0.857 bits per heavy atom. The van der Waals surface area contributed by atoms with E-state index in [4.69, 9.17) is 10.8 Å². The van der Waals surface area contributed by atoms with E-state index in [-0.39, 0.29) is 6.61 Å². The molecule has 3 nitrogen and oxygen atoms in total. The Hall–Kier alpha value is -0.560. The molecule has 0 aliphatic carbocycles. The molecule has 0 spiro atoms. The Kier molecular flexibility index (Phi) is 15.4. The number of hydrogen-bond acceptors (Lipinski definition) is 3. The predicted molar refractivity (Wildman–Crippen MR) is 89.9 cm³/mol. The van der Waals surface area contributed by atoms with Crippen molar-refractivity contribution in [2.75, 3.05) is 6.61 Å². The molecule has 0 aliphatic heterocycles. The number of hydrogen-bond donors (Lipinski definition) is 3. The number of rotatable bonds is 13. The lowest BCUT2D eigenvalue weighted by molar-refractivity contribution is 0.150. The van der Waals surface area contributed by atoms with Crippen LogP contribution in [0.25, 0.3) is 0 Å². The highest BCUT2D eigenvalue weighted by atomic mass is 16.3. The van der Waals surface area contributed by atoms with Crippen LogP contribution >= 0.6 is 0 Å². The highest BCUT2D eigenvalue weighted by molar-refractivity contribution is 5.07. The van der Waals surface area contributed by atoms with Crippen LogP contribution in [0.4, 0.5) is 0 Å². The third kappa shape index (κ3) is 14.2. The minimum atomic E-state index is -0.900. The van der Waals surface area contributed by atoms with Gasteiger partial charge in [0.15, 0.2) is 0 Å². The molecule has 0 saturated carbocycles. The van der Waals surface area contributed by atoms with Crippen molar-refractivity contribution in [2.45, 2.75) is 96.1 Å². The van der Waals surface area contributed by atoms with Crippen molar-refractivity contribution in [1.29, 1.82) is 0 Å². The molecule has 2 atom stereocenters. The third-order valence-electron chi connectivity index (χ3n) is 3.77. The van der Waals surface area contributed by atoms with Crippen molar-refractivity contribution >= 4 is 0 Å². The minimum absolute atomic E-state index is 0.228. The van der Waals surface area contributed by atoms with Gasteiger partial charge in [0.25, 0.3) is 0 Å². The molecule has 4 N–H and O–H groups in total. The van der Waals surface area contributed by atoms with Gasteiger partial charge in [-0.3, -0.25) is 0 Å². The Morgan fingerprint density at radius 3 is 1.81 bits per heavy atom. The molecule has 0 rings (SSSR count). The largest absolute Gasteiger partial charge is 0.395 e. The summed E-state index contributed by atoms with van der Waals surface area (Å²) in [6, 6.07) is -0.644. The van der Waals surface area contributed by atoms with Crippen LogP contribution < -0.4 is 5.73 Å². The summed E-state index contributed by atoms with van der Waals surface area (Å²) in [4.78, 5) is 0. The summed E-state index contributed by atoms with van der Waals surface area (Å²) >= 11 is 0. The van der Waals surface area contributed by atoms with Gasteiger partial charge < -0.3 is 15.9 Å². The van der Waals surface area contributed by atoms with Crippen molar-refractivity contribution < 1.29 is 10.2 Å². The van der Waals surface area contributed by atoms with Gasteiger partial charge in [-0.2, -0.15) is 0 Å². The maximum atomic E-state index is 9.44. The van der Waals surface area contributed by atoms with Crippen molar-refractivity contribution in [3.05, 3.63) is 0 Å². The molecule has 21 heavy (non-hydrogen) atoms. The number of nitrogens with two attached hydrogens (primary N) is 1. The lowest BCUT2D eigenvalue weighted by Crippen LogP contribution is -2.36. The lowest BCUT2D eigenvalue weighted by atomic mass is 10.1. The second-order valence-electron chi connectivity index (χ2n) is 5.90. The first-order chi connectivity index (χ1) is 10.2. The fourth-order valence-corrected chi connectivity index (χ4v) is 2.26. The Labute approximate surface area is 131 Å². The molecule has 0 amide bonds. The lowest BCUT2D eigenvalue weighted by Gasteiger charge is -2.09. The topological polar surface area (TPSA) is 66.5 Å². The summed E-state index contributed by atoms with van der Waals surface area (Å²) in [6.07, 6.45) is 14.5. The van der Waals surface area contributed by atoms with E-state index in [1.54, 1.807) is 0 Å². The summed E-state index contributed by atoms with van der Waals surface area (Å²) < 4.78 is 0. The van der Waals surface area contributed by atoms with E-state index >= 15 is 0 Å². The molecule has 0 heterocycles. The van der Waals surface area contributed by atoms with E-state index in [0.29, 0.717) is 0 Å². The van der Waals surface area contributed by atoms with Crippen LogP contribution in [0.1, 0.15) is 84.0 Å². The summed E-state index contributed by atoms with van der Waals surface area (Å²) in [5, 5.41) is 18.2. The standard InChI is InChI=1S/C18H35NO2/c1-2-3-4-5-6-7-8-9-10-11-12-13-14-15-18(21)17(19)16-20/h17-18,20-21H,2-13,16,19H2,1H3/t17-,18-/m0/s1. The van der Waals surface area contributed by atoms with E-state index in [1.165, 1.54) is 64.2 Å². The second-order valence-corrected chi connectivity index (χ2v) is 5.90. The van der Waals surface area contributed by atoms with Gasteiger partial charge in [-0.15, -0.1) is 5.92 Å². The predicted octanol–water partition coefficient (Wildman–Crippen LogP) is 3.37. The van der Waals surface area contributed by atoms with Gasteiger partial charge >= 0.3 is 0 Å². The fraction of sp³-hybridized carbons (Fsp3) is 0.889. The maximum Gasteiger partial charge on any atom is 0.131 e. The van der Waals surface area contributed by atoms with Crippen molar-refractivity contribution in [2.24, 2.45) is 5.73 Å². The van der Waals surface area contributed by atoms with Gasteiger partial charge in [0.05, 0.1) is 12.6 Å². The van der Waals surface area contributed by atoms with E-state index in [1.807, 2.05) is 0 Å². The normalized spacial score (nSPS) is 13.5. The molecular formula is C18H35NO2. The molecule has 124 valence electrons. The molecule has 0 aromatic carbocycles. The van der Waals surface area contributed by atoms with E-state index < -0.39 is 12.1 Å². The Bertz CT molecular complexity index is 270. The van der Waals surface area contributed by atoms with Crippen LogP contribution in [0.3, 0.4) is 0 Å². The van der Waals surface area contributed by atoms with Crippen LogP contribution in [-0.2, 0) is 0 Å². The Morgan fingerprint density at radius 2 is 1.33 bits per heavy atom. The zero-order valence-corrected chi connectivity index (χ0v) is 13.8. The molecule has 0 aromatic heterocycles. The molecule has 0 fully saturated rings. The number of aliphatic hydroxyl groups is 2. The van der Waals surface area contributed by atoms with Gasteiger partial charge in [-0.1, -0.05) is 77.1 Å². The van der Waals surface area contributed by atoms with Crippen LogP contribution in [-0.4, -0.2) is 29.0 Å². The zero-order valence-electron chi connectivity index (χ0n) is 13.8. The SMILES string of the molecule is CCCCCCCCCCCCCC#C[C@H](O)[C@@H](N)CO. The first kappa shape index (κ1) is 20.4. The molecule has 0 aliphatic rings. The molecular weight excluding hydrogens is 262 g/mol. The maximum absolute atomic E-state index is 9.44. The summed E-state index contributed by atoms with van der Waals surface area (Å²) in [5.41, 5.74) is 5.46. The van der Waals surface area contributed by atoms with Crippen molar-refractivity contribution in [1.82, 2.24) is 0 Å². The van der Waals surface area contributed by atoms with Crippen LogP contribution in [0, 0.1) is 11.8 Å². The average molecular weight is 297 g/mol. The van der Waals surface area contributed by atoms with Gasteiger partial charge in [-0.25, -0.2) is 0 Å². The monoisotopic (exact) mass is 297 g/mol. The van der Waals surface area contributed by atoms with Crippen molar-refractivity contribution in [3.63, 3.8) is 0 Å². The first-order valence-corrected chi connectivity index (χ1v) is 8.75. The molecule has 0 unspecified atom stereocenters. The molecule has 0 aromatic rings. The van der Waals surface area contributed by atoms with Gasteiger partial charge in [0.1, 0.15) is 6.10 Å². The molecule has 3 heteroatoms. The summed E-state index contributed by atoms with van der Waals surface area (Å²) in [5.74, 6) is 5.63. The number of aliphatic hydroxyl groups excluding tert-OH is 2. The van der Waals surface area contributed by atoms with Gasteiger partial charge in [-0.05, 0) is 6.42 Å². The van der Waals surface area contributed by atoms with E-state index in [0.717, 1.165) is 12.8 Å². The summed E-state index contributed by atoms with van der Waals surface area (Å²) in [7, 11) is 0. The summed E-state index contributed by atoms with van der Waals surface area (Å²) in [6.45, 7) is 2.03. The Balaban J connectivity index is 3.24. The average Bonchev–Trinajstić information content (AvgIpc) is 2.50. The quantitative estimate of drug-likeness (QED) is 0.361. The third-order valence-corrected chi connectivity index (χ3v) is 3.77. The van der Waals surface area contributed by atoms with Crippen LogP contribution in [0.2, 0.25) is 0 Å². The van der Waals surface area contributed by atoms with Crippen molar-refractivity contribution in [3.8, 4) is 11.8 Å².